The minimum atomic E-state index is -0.641. The molecule has 0 saturated heterocycles. The zero-order valence-electron chi connectivity index (χ0n) is 10.5. The summed E-state index contributed by atoms with van der Waals surface area (Å²) in [5.41, 5.74) is 6.40. The Hall–Kier alpha value is -2.47. The summed E-state index contributed by atoms with van der Waals surface area (Å²) in [6, 6.07) is 7.09. The summed E-state index contributed by atoms with van der Waals surface area (Å²) in [5, 5.41) is 3.57. The maximum Gasteiger partial charge on any atom is 0.195 e. The average molecular weight is 308 g/mol. The molecule has 2 heterocycles. The molecule has 3 rings (SSSR count). The highest BCUT2D eigenvalue weighted by Gasteiger charge is 2.22. The molecule has 4 nitrogen and oxygen atoms in total. The van der Waals surface area contributed by atoms with E-state index in [0.29, 0.717) is 0 Å². The smallest absolute Gasteiger partial charge is 0.195 e. The molecule has 0 bridgehead atoms. The molecule has 0 saturated carbocycles. The van der Waals surface area contributed by atoms with E-state index in [1.807, 2.05) is 0 Å². The lowest BCUT2D eigenvalue weighted by Gasteiger charge is -2.05. The molecule has 0 spiro atoms. The van der Waals surface area contributed by atoms with Crippen molar-refractivity contribution in [3.8, 4) is 22.6 Å². The monoisotopic (exact) mass is 307 g/mol. The van der Waals surface area contributed by atoms with Crippen molar-refractivity contribution >= 4 is 17.4 Å². The summed E-state index contributed by atoms with van der Waals surface area (Å²) in [4.78, 5) is 3.88. The SMILES string of the molecule is Nc1noc(-c2ccc(F)cn2)c1-c1cccc(Cl)c1F. The largest absolute Gasteiger partial charge is 0.380 e. The van der Waals surface area contributed by atoms with Crippen LogP contribution in [0.3, 0.4) is 0 Å². The zero-order valence-corrected chi connectivity index (χ0v) is 11.2. The second kappa shape index (κ2) is 5.14. The van der Waals surface area contributed by atoms with Crippen LogP contribution in [0.15, 0.2) is 41.1 Å². The van der Waals surface area contributed by atoms with E-state index in [-0.39, 0.29) is 33.4 Å². The van der Waals surface area contributed by atoms with Gasteiger partial charge in [-0.15, -0.1) is 0 Å². The number of anilines is 1. The van der Waals surface area contributed by atoms with Crippen LogP contribution < -0.4 is 5.73 Å². The fourth-order valence-electron chi connectivity index (χ4n) is 1.94. The number of nitrogen functional groups attached to an aromatic ring is 1. The summed E-state index contributed by atoms with van der Waals surface area (Å²) in [7, 11) is 0. The zero-order chi connectivity index (χ0) is 15.0. The molecule has 2 aromatic heterocycles. The quantitative estimate of drug-likeness (QED) is 0.779. The third kappa shape index (κ3) is 2.34. The molecule has 106 valence electrons. The van der Waals surface area contributed by atoms with E-state index >= 15 is 0 Å². The number of hydrogen-bond donors (Lipinski definition) is 1. The molecular weight excluding hydrogens is 300 g/mol. The van der Waals surface area contributed by atoms with E-state index in [1.165, 1.54) is 24.3 Å². The Balaban J connectivity index is 2.22. The van der Waals surface area contributed by atoms with Crippen LogP contribution in [0.4, 0.5) is 14.6 Å². The number of benzene rings is 1. The lowest BCUT2D eigenvalue weighted by Crippen LogP contribution is -1.93. The maximum absolute atomic E-state index is 14.2. The maximum atomic E-state index is 14.2. The first kappa shape index (κ1) is 13.5. The summed E-state index contributed by atoms with van der Waals surface area (Å²) in [5.74, 6) is -0.995. The van der Waals surface area contributed by atoms with Gasteiger partial charge in [-0.25, -0.2) is 13.8 Å². The van der Waals surface area contributed by atoms with Crippen LogP contribution in [-0.2, 0) is 0 Å². The minimum Gasteiger partial charge on any atom is -0.380 e. The summed E-state index contributed by atoms with van der Waals surface area (Å²) < 4.78 is 32.2. The average Bonchev–Trinajstić information content (AvgIpc) is 2.85. The van der Waals surface area contributed by atoms with Gasteiger partial charge in [0.05, 0.1) is 16.8 Å². The van der Waals surface area contributed by atoms with Gasteiger partial charge >= 0.3 is 0 Å². The number of pyridine rings is 1. The van der Waals surface area contributed by atoms with Crippen molar-refractivity contribution in [3.63, 3.8) is 0 Å². The van der Waals surface area contributed by atoms with Gasteiger partial charge in [0, 0.05) is 5.56 Å². The van der Waals surface area contributed by atoms with Crippen LogP contribution in [0.5, 0.6) is 0 Å². The number of hydrogen-bond acceptors (Lipinski definition) is 4. The molecule has 21 heavy (non-hydrogen) atoms. The predicted octanol–water partition coefficient (Wildman–Crippen LogP) is 3.92. The number of halogens is 3. The highest BCUT2D eigenvalue weighted by atomic mass is 35.5. The van der Waals surface area contributed by atoms with Gasteiger partial charge in [0.2, 0.25) is 0 Å². The molecule has 0 aliphatic carbocycles. The van der Waals surface area contributed by atoms with Crippen molar-refractivity contribution in [3.05, 3.63) is 53.2 Å². The van der Waals surface area contributed by atoms with Gasteiger partial charge in [0.15, 0.2) is 11.6 Å². The molecule has 2 N–H and O–H groups in total. The van der Waals surface area contributed by atoms with Gasteiger partial charge < -0.3 is 10.3 Å². The second-order valence-corrected chi connectivity index (χ2v) is 4.64. The number of rotatable bonds is 2. The Morgan fingerprint density at radius 1 is 1.14 bits per heavy atom. The normalized spacial score (nSPS) is 10.8. The van der Waals surface area contributed by atoms with E-state index in [0.717, 1.165) is 6.20 Å². The van der Waals surface area contributed by atoms with E-state index in [2.05, 4.69) is 10.1 Å². The minimum absolute atomic E-state index is 0.00251. The van der Waals surface area contributed by atoms with Gasteiger partial charge in [-0.2, -0.15) is 0 Å². The number of nitrogens with two attached hydrogens (primary N) is 1. The summed E-state index contributed by atoms with van der Waals surface area (Å²) in [6.07, 6.45) is 1.02. The molecule has 0 unspecified atom stereocenters. The molecule has 0 atom stereocenters. The Morgan fingerprint density at radius 3 is 2.67 bits per heavy atom. The van der Waals surface area contributed by atoms with E-state index < -0.39 is 11.6 Å². The van der Waals surface area contributed by atoms with E-state index in [1.54, 1.807) is 6.07 Å². The molecule has 3 aromatic rings. The standard InChI is InChI=1S/C14H8ClF2N3O/c15-9-3-1-2-8(12(9)17)11-13(21-20-14(11)18)10-5-4-7(16)6-19-10/h1-6H,(H2,18,20). The third-order valence-electron chi connectivity index (χ3n) is 2.90. The van der Waals surface area contributed by atoms with Crippen molar-refractivity contribution in [2.24, 2.45) is 0 Å². The predicted molar refractivity (Wildman–Crippen MR) is 74.5 cm³/mol. The van der Waals surface area contributed by atoms with Crippen LogP contribution >= 0.6 is 11.6 Å². The summed E-state index contributed by atoms with van der Waals surface area (Å²) in [6.45, 7) is 0. The van der Waals surface area contributed by atoms with Crippen LogP contribution in [0.1, 0.15) is 0 Å². The topological polar surface area (TPSA) is 64.9 Å². The van der Waals surface area contributed by atoms with Crippen molar-refractivity contribution < 1.29 is 13.3 Å². The Labute approximate surface area is 123 Å². The lowest BCUT2D eigenvalue weighted by atomic mass is 10.0. The fraction of sp³-hybridized carbons (Fsp3) is 0. The third-order valence-corrected chi connectivity index (χ3v) is 3.19. The van der Waals surface area contributed by atoms with Gasteiger partial charge in [-0.3, -0.25) is 0 Å². The first-order valence-corrected chi connectivity index (χ1v) is 6.27. The Bertz CT molecular complexity index is 802. The highest BCUT2D eigenvalue weighted by Crippen LogP contribution is 2.38. The van der Waals surface area contributed by atoms with Crippen LogP contribution in [-0.4, -0.2) is 10.1 Å². The van der Waals surface area contributed by atoms with E-state index in [4.69, 9.17) is 21.9 Å². The lowest BCUT2D eigenvalue weighted by molar-refractivity contribution is 0.434. The molecule has 0 aliphatic heterocycles. The van der Waals surface area contributed by atoms with Crippen LogP contribution in [0, 0.1) is 11.6 Å². The van der Waals surface area contributed by atoms with Crippen molar-refractivity contribution in [2.45, 2.75) is 0 Å². The second-order valence-electron chi connectivity index (χ2n) is 4.23. The molecule has 0 fully saturated rings. The van der Waals surface area contributed by atoms with Crippen molar-refractivity contribution in [2.75, 3.05) is 5.73 Å². The van der Waals surface area contributed by atoms with Crippen LogP contribution in [0.25, 0.3) is 22.6 Å². The molecule has 0 aliphatic rings. The fourth-order valence-corrected chi connectivity index (χ4v) is 2.12. The Morgan fingerprint density at radius 2 is 1.95 bits per heavy atom. The number of aromatic nitrogens is 2. The van der Waals surface area contributed by atoms with Gasteiger partial charge in [-0.05, 0) is 18.2 Å². The first-order chi connectivity index (χ1) is 10.1. The molecular formula is C14H8ClF2N3O. The molecule has 0 radical (unpaired) electrons. The van der Waals surface area contributed by atoms with Gasteiger partial charge in [0.25, 0.3) is 0 Å². The highest BCUT2D eigenvalue weighted by molar-refractivity contribution is 6.31. The summed E-state index contributed by atoms with van der Waals surface area (Å²) >= 11 is 5.77. The van der Waals surface area contributed by atoms with Crippen molar-refractivity contribution in [1.82, 2.24) is 10.1 Å². The first-order valence-electron chi connectivity index (χ1n) is 5.89. The van der Waals surface area contributed by atoms with Gasteiger partial charge in [0.1, 0.15) is 17.3 Å². The number of nitrogens with zero attached hydrogens (tertiary/aromatic N) is 2. The molecule has 7 heteroatoms. The molecule has 1 aromatic carbocycles. The van der Waals surface area contributed by atoms with Crippen LogP contribution in [0.2, 0.25) is 5.02 Å². The molecule has 0 amide bonds. The Kier molecular flexibility index (Phi) is 3.31. The van der Waals surface area contributed by atoms with E-state index in [9.17, 15) is 8.78 Å². The van der Waals surface area contributed by atoms with Crippen molar-refractivity contribution in [1.29, 1.82) is 0 Å². The van der Waals surface area contributed by atoms with Gasteiger partial charge in [-0.1, -0.05) is 28.9 Å².